The molecule has 0 fully saturated rings. The standard InChI is InChI=1S/C18H18O5/c1-20-13-8-7-11-12(17(13)22-3)6-5-10-9-14(21-2)16(19)18(23-4)15(10)11/h5-9,19H,1-4H3. The maximum Gasteiger partial charge on any atom is 0.201 e. The summed E-state index contributed by atoms with van der Waals surface area (Å²) in [5, 5.41) is 13.8. The second kappa shape index (κ2) is 5.76. The second-order valence-electron chi connectivity index (χ2n) is 5.02. The molecule has 0 saturated carbocycles. The Bertz CT molecular complexity index is 886. The van der Waals surface area contributed by atoms with Crippen molar-refractivity contribution in [3.8, 4) is 28.7 Å². The molecule has 0 aliphatic heterocycles. The topological polar surface area (TPSA) is 57.2 Å². The summed E-state index contributed by atoms with van der Waals surface area (Å²) in [6, 6.07) is 9.43. The van der Waals surface area contributed by atoms with Gasteiger partial charge >= 0.3 is 0 Å². The maximum atomic E-state index is 10.4. The highest BCUT2D eigenvalue weighted by Crippen LogP contribution is 2.47. The van der Waals surface area contributed by atoms with Crippen LogP contribution in [-0.4, -0.2) is 33.5 Å². The van der Waals surface area contributed by atoms with Crippen molar-refractivity contribution < 1.29 is 24.1 Å². The molecule has 5 nitrogen and oxygen atoms in total. The van der Waals surface area contributed by atoms with E-state index in [4.69, 9.17) is 18.9 Å². The molecule has 0 heterocycles. The van der Waals surface area contributed by atoms with Gasteiger partial charge in [0, 0.05) is 10.8 Å². The number of phenols is 1. The first-order valence-electron chi connectivity index (χ1n) is 7.07. The third kappa shape index (κ3) is 2.16. The maximum absolute atomic E-state index is 10.4. The molecule has 3 rings (SSSR count). The molecular formula is C18H18O5. The molecule has 0 amide bonds. The first-order valence-corrected chi connectivity index (χ1v) is 7.07. The Morgan fingerprint density at radius 2 is 1.35 bits per heavy atom. The smallest absolute Gasteiger partial charge is 0.201 e. The number of hydrogen-bond donors (Lipinski definition) is 1. The Balaban J connectivity index is 2.50. The van der Waals surface area contributed by atoms with Crippen molar-refractivity contribution in [1.82, 2.24) is 0 Å². The van der Waals surface area contributed by atoms with Gasteiger partial charge in [-0.15, -0.1) is 0 Å². The Kier molecular flexibility index (Phi) is 3.78. The molecular weight excluding hydrogens is 296 g/mol. The van der Waals surface area contributed by atoms with Crippen LogP contribution in [0.1, 0.15) is 0 Å². The lowest BCUT2D eigenvalue weighted by Crippen LogP contribution is -1.94. The molecule has 23 heavy (non-hydrogen) atoms. The average Bonchev–Trinajstić information content (AvgIpc) is 2.59. The fourth-order valence-electron chi connectivity index (χ4n) is 2.91. The van der Waals surface area contributed by atoms with Crippen LogP contribution < -0.4 is 18.9 Å². The van der Waals surface area contributed by atoms with Crippen LogP contribution in [0.5, 0.6) is 28.7 Å². The van der Waals surface area contributed by atoms with E-state index >= 15 is 0 Å². The van der Waals surface area contributed by atoms with E-state index in [9.17, 15) is 5.11 Å². The Labute approximate surface area is 134 Å². The average molecular weight is 314 g/mol. The Hall–Kier alpha value is -2.82. The van der Waals surface area contributed by atoms with Gasteiger partial charge in [0.25, 0.3) is 0 Å². The minimum absolute atomic E-state index is 0.0233. The van der Waals surface area contributed by atoms with Crippen LogP contribution in [0.15, 0.2) is 30.3 Å². The molecule has 120 valence electrons. The number of fused-ring (bicyclic) bond motifs is 3. The predicted octanol–water partition coefficient (Wildman–Crippen LogP) is 3.73. The number of rotatable bonds is 4. The highest BCUT2D eigenvalue weighted by molar-refractivity contribution is 6.14. The van der Waals surface area contributed by atoms with Gasteiger partial charge in [-0.2, -0.15) is 0 Å². The van der Waals surface area contributed by atoms with E-state index in [1.807, 2.05) is 24.3 Å². The zero-order valence-electron chi connectivity index (χ0n) is 13.5. The lowest BCUT2D eigenvalue weighted by atomic mass is 9.99. The molecule has 0 aliphatic carbocycles. The van der Waals surface area contributed by atoms with Crippen LogP contribution in [-0.2, 0) is 0 Å². The highest BCUT2D eigenvalue weighted by atomic mass is 16.5. The molecule has 0 spiro atoms. The normalized spacial score (nSPS) is 10.8. The predicted molar refractivity (Wildman–Crippen MR) is 89.3 cm³/mol. The number of benzene rings is 3. The fraction of sp³-hybridized carbons (Fsp3) is 0.222. The quantitative estimate of drug-likeness (QED) is 0.744. The van der Waals surface area contributed by atoms with Gasteiger partial charge in [0.15, 0.2) is 23.0 Å². The second-order valence-corrected chi connectivity index (χ2v) is 5.02. The van der Waals surface area contributed by atoms with Gasteiger partial charge < -0.3 is 24.1 Å². The van der Waals surface area contributed by atoms with E-state index in [1.54, 1.807) is 20.3 Å². The molecule has 0 unspecified atom stereocenters. The van der Waals surface area contributed by atoms with E-state index in [0.717, 1.165) is 21.5 Å². The largest absolute Gasteiger partial charge is 0.502 e. The van der Waals surface area contributed by atoms with Gasteiger partial charge in [-0.25, -0.2) is 0 Å². The van der Waals surface area contributed by atoms with Crippen molar-refractivity contribution in [2.45, 2.75) is 0 Å². The summed E-state index contributed by atoms with van der Waals surface area (Å²) in [5.74, 6) is 2.01. The van der Waals surface area contributed by atoms with E-state index < -0.39 is 0 Å². The van der Waals surface area contributed by atoms with Crippen LogP contribution in [0.2, 0.25) is 0 Å². The van der Waals surface area contributed by atoms with Crippen LogP contribution in [0.3, 0.4) is 0 Å². The molecule has 0 bridgehead atoms. The zero-order chi connectivity index (χ0) is 16.6. The molecule has 0 radical (unpaired) electrons. The van der Waals surface area contributed by atoms with E-state index in [0.29, 0.717) is 23.0 Å². The third-order valence-electron chi connectivity index (χ3n) is 3.96. The lowest BCUT2D eigenvalue weighted by molar-refractivity contribution is 0.343. The van der Waals surface area contributed by atoms with Gasteiger partial charge in [0.1, 0.15) is 0 Å². The SMILES string of the molecule is COc1cc2ccc3c(OC)c(OC)ccc3c2c(OC)c1O. The molecule has 0 atom stereocenters. The summed E-state index contributed by atoms with van der Waals surface area (Å²) < 4.78 is 21.5. The third-order valence-corrected chi connectivity index (χ3v) is 3.96. The molecule has 0 saturated heterocycles. The number of aromatic hydroxyl groups is 1. The number of methoxy groups -OCH3 is 4. The summed E-state index contributed by atoms with van der Waals surface area (Å²) in [5.41, 5.74) is 0. The van der Waals surface area contributed by atoms with E-state index in [1.165, 1.54) is 14.2 Å². The zero-order valence-corrected chi connectivity index (χ0v) is 13.5. The van der Waals surface area contributed by atoms with Crippen molar-refractivity contribution in [2.75, 3.05) is 28.4 Å². The number of hydrogen-bond acceptors (Lipinski definition) is 5. The molecule has 3 aromatic carbocycles. The Morgan fingerprint density at radius 3 is 1.96 bits per heavy atom. The first-order chi connectivity index (χ1) is 11.2. The highest BCUT2D eigenvalue weighted by Gasteiger charge is 2.18. The molecule has 5 heteroatoms. The summed E-state index contributed by atoms with van der Waals surface area (Å²) in [6.45, 7) is 0. The van der Waals surface area contributed by atoms with Gasteiger partial charge in [-0.3, -0.25) is 0 Å². The Morgan fingerprint density at radius 1 is 0.696 bits per heavy atom. The lowest BCUT2D eigenvalue weighted by Gasteiger charge is -2.16. The van der Waals surface area contributed by atoms with Gasteiger partial charge in [0.05, 0.1) is 28.4 Å². The fourth-order valence-corrected chi connectivity index (χ4v) is 2.91. The monoisotopic (exact) mass is 314 g/mol. The van der Waals surface area contributed by atoms with Crippen molar-refractivity contribution >= 4 is 21.5 Å². The van der Waals surface area contributed by atoms with Crippen molar-refractivity contribution in [3.63, 3.8) is 0 Å². The molecule has 0 aromatic heterocycles. The molecule has 3 aromatic rings. The van der Waals surface area contributed by atoms with Gasteiger partial charge in [0.2, 0.25) is 5.75 Å². The van der Waals surface area contributed by atoms with Crippen molar-refractivity contribution in [3.05, 3.63) is 30.3 Å². The van der Waals surface area contributed by atoms with Gasteiger partial charge in [-0.05, 0) is 35.0 Å². The summed E-state index contributed by atoms with van der Waals surface area (Å²) >= 11 is 0. The summed E-state index contributed by atoms with van der Waals surface area (Å²) in [7, 11) is 6.23. The summed E-state index contributed by atoms with van der Waals surface area (Å²) in [6.07, 6.45) is 0. The van der Waals surface area contributed by atoms with E-state index in [2.05, 4.69) is 0 Å². The van der Waals surface area contributed by atoms with Crippen LogP contribution in [0.25, 0.3) is 21.5 Å². The van der Waals surface area contributed by atoms with Crippen molar-refractivity contribution in [1.29, 1.82) is 0 Å². The van der Waals surface area contributed by atoms with E-state index in [-0.39, 0.29) is 5.75 Å². The van der Waals surface area contributed by atoms with Crippen LogP contribution in [0, 0.1) is 0 Å². The van der Waals surface area contributed by atoms with Crippen LogP contribution >= 0.6 is 0 Å². The molecule has 0 aliphatic rings. The minimum Gasteiger partial charge on any atom is -0.502 e. The van der Waals surface area contributed by atoms with Gasteiger partial charge in [-0.1, -0.05) is 6.07 Å². The van der Waals surface area contributed by atoms with Crippen LogP contribution in [0.4, 0.5) is 0 Å². The molecule has 1 N–H and O–H groups in total. The number of ether oxygens (including phenoxy) is 4. The number of phenolic OH excluding ortho intramolecular Hbond substituents is 1. The first kappa shape index (κ1) is 15.1. The van der Waals surface area contributed by atoms with Crippen molar-refractivity contribution in [2.24, 2.45) is 0 Å². The minimum atomic E-state index is -0.0233. The summed E-state index contributed by atoms with van der Waals surface area (Å²) in [4.78, 5) is 0.